The van der Waals surface area contributed by atoms with Gasteiger partial charge >= 0.3 is 0 Å². The highest BCUT2D eigenvalue weighted by atomic mass is 32.1. The third kappa shape index (κ3) is 4.09. The molecule has 0 saturated carbocycles. The van der Waals surface area contributed by atoms with Gasteiger partial charge in [0.2, 0.25) is 0 Å². The maximum atomic E-state index is 11.3. The molecule has 2 unspecified atom stereocenters. The topological polar surface area (TPSA) is 91.5 Å². The second-order valence-electron chi connectivity index (χ2n) is 7.18. The van der Waals surface area contributed by atoms with Crippen LogP contribution < -0.4 is 11.1 Å². The fraction of sp³-hybridized carbons (Fsp3) is 0.0909. The zero-order chi connectivity index (χ0) is 21.5. The first-order valence-corrected chi connectivity index (χ1v) is 12.4. The minimum Gasteiger partial charge on any atom is -0.338 e. The summed E-state index contributed by atoms with van der Waals surface area (Å²) in [6.45, 7) is 3.15. The number of hydrogen-bond donors (Lipinski definition) is 2. The molecule has 31 heavy (non-hydrogen) atoms. The summed E-state index contributed by atoms with van der Waals surface area (Å²) in [5.74, 6) is 0. The Labute approximate surface area is 185 Å². The van der Waals surface area contributed by atoms with E-state index in [0.717, 1.165) is 22.5 Å². The number of fused-ring (bicyclic) bond motifs is 3. The molecule has 5 rings (SSSR count). The Balaban J connectivity index is 1.50. The number of imidazole rings is 2. The van der Waals surface area contributed by atoms with Crippen molar-refractivity contribution >= 4 is 70.9 Å². The summed E-state index contributed by atoms with van der Waals surface area (Å²) < 4.78 is 2.39. The summed E-state index contributed by atoms with van der Waals surface area (Å²) in [6.07, 6.45) is 3.57. The average Bonchev–Trinajstić information content (AvgIpc) is 3.44. The van der Waals surface area contributed by atoms with E-state index in [4.69, 9.17) is 0 Å². The molecule has 0 spiro atoms. The summed E-state index contributed by atoms with van der Waals surface area (Å²) >= 11 is 1.74. The number of H-pyrrole nitrogens is 2. The third-order valence-corrected chi connectivity index (χ3v) is 7.64. The predicted octanol–water partition coefficient (Wildman–Crippen LogP) is 4.54. The Kier molecular flexibility index (Phi) is 5.27. The fourth-order valence-electron chi connectivity index (χ4n) is 3.51. The van der Waals surface area contributed by atoms with Crippen molar-refractivity contribution < 1.29 is 9.59 Å². The number of thiophene rings is 1. The first-order chi connectivity index (χ1) is 15.0. The van der Waals surface area contributed by atoms with Gasteiger partial charge in [0.05, 0.1) is 23.8 Å². The van der Waals surface area contributed by atoms with Crippen molar-refractivity contribution in [3.63, 3.8) is 0 Å². The molecule has 3 heterocycles. The van der Waals surface area contributed by atoms with Gasteiger partial charge in [-0.25, -0.2) is 9.97 Å². The molecule has 0 saturated heterocycles. The number of hydrogen-bond acceptors (Lipinski definition) is 5. The fourth-order valence-corrected chi connectivity index (χ4v) is 6.01. The van der Waals surface area contributed by atoms with Gasteiger partial charge in [-0.1, -0.05) is 24.3 Å². The van der Waals surface area contributed by atoms with Crippen molar-refractivity contribution in [3.05, 3.63) is 48.8 Å². The smallest absolute Gasteiger partial charge is 0.155 e. The van der Waals surface area contributed by atoms with Gasteiger partial charge in [-0.15, -0.1) is 11.3 Å². The highest BCUT2D eigenvalue weighted by Crippen LogP contribution is 2.37. The number of nitrogens with zero attached hydrogens (tertiary/aromatic N) is 2. The van der Waals surface area contributed by atoms with Crippen LogP contribution in [0, 0.1) is 0 Å². The van der Waals surface area contributed by atoms with Crippen molar-refractivity contribution in [1.82, 2.24) is 19.9 Å². The van der Waals surface area contributed by atoms with Gasteiger partial charge in [0.25, 0.3) is 0 Å². The zero-order valence-corrected chi connectivity index (χ0v) is 19.6. The van der Waals surface area contributed by atoms with Crippen LogP contribution in [0.25, 0.3) is 42.7 Å². The molecule has 0 amide bonds. The predicted molar refractivity (Wildman–Crippen MR) is 132 cm³/mol. The number of nitrogens with one attached hydrogen (secondary N) is 2. The van der Waals surface area contributed by atoms with Crippen LogP contribution in [-0.2, 0) is 9.59 Å². The zero-order valence-electron chi connectivity index (χ0n) is 16.7. The number of carbonyl (C=O) groups excluding carboxylic acids is 2. The van der Waals surface area contributed by atoms with Crippen LogP contribution in [0.1, 0.15) is 13.8 Å². The van der Waals surface area contributed by atoms with Gasteiger partial charge in [0.15, 0.2) is 11.0 Å². The monoisotopic (exact) mass is 464 g/mol. The maximum absolute atomic E-state index is 11.3. The Morgan fingerprint density at radius 1 is 0.774 bits per heavy atom. The maximum Gasteiger partial charge on any atom is 0.155 e. The quantitative estimate of drug-likeness (QED) is 0.361. The molecule has 0 fully saturated rings. The molecule has 0 aliphatic rings. The Hall–Kier alpha value is -2.72. The van der Waals surface area contributed by atoms with Crippen LogP contribution in [0.5, 0.6) is 0 Å². The molecule has 9 heteroatoms. The standard InChI is InChI=1S/C22H18N4O2P2S/c1-11(27)29-21-23-9-17(25-21)13-3-5-15-16-6-4-14(8-20(16)31-19(15)7-13)18-10-24-22(26-18)30-12(2)28/h3-10,29-30H,1-2H3,(H,23,25)(H,24,26). The lowest BCUT2D eigenvalue weighted by molar-refractivity contribution is -0.110. The first kappa shape index (κ1) is 20.2. The van der Waals surface area contributed by atoms with Gasteiger partial charge in [-0.3, -0.25) is 9.59 Å². The van der Waals surface area contributed by atoms with Crippen LogP contribution in [0.15, 0.2) is 48.8 Å². The van der Waals surface area contributed by atoms with E-state index in [1.165, 1.54) is 20.2 Å². The normalized spacial score (nSPS) is 12.2. The van der Waals surface area contributed by atoms with E-state index < -0.39 is 0 Å². The molecule has 0 aliphatic heterocycles. The first-order valence-electron chi connectivity index (χ1n) is 9.58. The molecular weight excluding hydrogens is 446 g/mol. The molecule has 2 N–H and O–H groups in total. The lowest BCUT2D eigenvalue weighted by atomic mass is 10.1. The lowest BCUT2D eigenvalue weighted by Gasteiger charge is -1.99. The van der Waals surface area contributed by atoms with Crippen molar-refractivity contribution in [1.29, 1.82) is 0 Å². The van der Waals surface area contributed by atoms with E-state index in [9.17, 15) is 9.59 Å². The van der Waals surface area contributed by atoms with Crippen LogP contribution in [-0.4, -0.2) is 31.0 Å². The van der Waals surface area contributed by atoms with Crippen LogP contribution in [0.4, 0.5) is 0 Å². The Morgan fingerprint density at radius 2 is 1.23 bits per heavy atom. The Morgan fingerprint density at radius 3 is 1.65 bits per heavy atom. The van der Waals surface area contributed by atoms with Crippen molar-refractivity contribution in [3.8, 4) is 22.5 Å². The lowest BCUT2D eigenvalue weighted by Crippen LogP contribution is -2.01. The number of aromatic amines is 2. The molecule has 2 atom stereocenters. The van der Waals surface area contributed by atoms with E-state index in [1.807, 2.05) is 0 Å². The number of aromatic nitrogens is 4. The summed E-state index contributed by atoms with van der Waals surface area (Å²) in [7, 11) is 0.111. The molecule has 3 aromatic heterocycles. The van der Waals surface area contributed by atoms with E-state index in [0.29, 0.717) is 11.1 Å². The van der Waals surface area contributed by atoms with Crippen LogP contribution in [0.3, 0.4) is 0 Å². The van der Waals surface area contributed by atoms with E-state index in [2.05, 4.69) is 56.3 Å². The summed E-state index contributed by atoms with van der Waals surface area (Å²) in [5.41, 5.74) is 5.59. The van der Waals surface area contributed by atoms with Crippen molar-refractivity contribution in [2.75, 3.05) is 0 Å². The molecule has 0 radical (unpaired) electrons. The van der Waals surface area contributed by atoms with E-state index in [1.54, 1.807) is 37.6 Å². The van der Waals surface area contributed by atoms with Crippen molar-refractivity contribution in [2.24, 2.45) is 0 Å². The molecule has 0 aliphatic carbocycles. The van der Waals surface area contributed by atoms with Gasteiger partial charge in [0.1, 0.15) is 11.1 Å². The van der Waals surface area contributed by atoms with E-state index >= 15 is 0 Å². The summed E-state index contributed by atoms with van der Waals surface area (Å²) in [6, 6.07) is 12.8. The van der Waals surface area contributed by atoms with Gasteiger partial charge in [0, 0.05) is 48.5 Å². The number of benzene rings is 2. The second kappa shape index (κ2) is 8.08. The van der Waals surface area contributed by atoms with Gasteiger partial charge in [-0.05, 0) is 26.0 Å². The largest absolute Gasteiger partial charge is 0.338 e. The Bertz CT molecular complexity index is 1360. The van der Waals surface area contributed by atoms with Crippen LogP contribution >= 0.6 is 28.5 Å². The summed E-state index contributed by atoms with van der Waals surface area (Å²) in [4.78, 5) is 37.9. The number of rotatable bonds is 6. The minimum atomic E-state index is 0.0553. The molecule has 0 bridgehead atoms. The SMILES string of the molecule is CC(=O)Pc1ncc(-c2ccc3c(c2)sc2cc(-c4cnc(PC(C)=O)[nH]4)ccc23)[nH]1. The molecule has 2 aromatic carbocycles. The molecule has 6 nitrogen and oxygen atoms in total. The van der Waals surface area contributed by atoms with Crippen molar-refractivity contribution in [2.45, 2.75) is 13.8 Å². The summed E-state index contributed by atoms with van der Waals surface area (Å²) in [5, 5.41) is 2.42. The highest BCUT2D eigenvalue weighted by Gasteiger charge is 2.11. The molecule has 5 aromatic rings. The minimum absolute atomic E-state index is 0.0553. The van der Waals surface area contributed by atoms with E-state index in [-0.39, 0.29) is 28.2 Å². The van der Waals surface area contributed by atoms with Crippen LogP contribution in [0.2, 0.25) is 0 Å². The second-order valence-corrected chi connectivity index (χ2v) is 11.1. The van der Waals surface area contributed by atoms with Gasteiger partial charge in [-0.2, -0.15) is 0 Å². The van der Waals surface area contributed by atoms with Gasteiger partial charge < -0.3 is 9.97 Å². The number of carbonyl (C=O) groups is 2. The third-order valence-electron chi connectivity index (χ3n) is 4.84. The highest BCUT2D eigenvalue weighted by molar-refractivity contribution is 7.64. The molecular formula is C22H18N4O2P2S. The molecule has 154 valence electrons. The average molecular weight is 464 g/mol.